The number of benzene rings is 2. The smallest absolute Gasteiger partial charge is 0.0741 e. The van der Waals surface area contributed by atoms with Crippen LogP contribution in [0.1, 0.15) is 32.4 Å². The van der Waals surface area contributed by atoms with Gasteiger partial charge in [-0.2, -0.15) is 0 Å². The van der Waals surface area contributed by atoms with Gasteiger partial charge in [0.1, 0.15) is 0 Å². The van der Waals surface area contributed by atoms with E-state index in [2.05, 4.69) is 47.8 Å². The molecule has 21 heavy (non-hydrogen) atoms. The highest BCUT2D eigenvalue weighted by Gasteiger charge is 2.22. The Bertz CT molecular complexity index is 590. The zero-order valence-corrected chi connectivity index (χ0v) is 13.4. The Morgan fingerprint density at radius 2 is 1.57 bits per heavy atom. The summed E-state index contributed by atoms with van der Waals surface area (Å²) < 4.78 is 0. The molecule has 1 aliphatic heterocycles. The normalized spacial score (nSPS) is 17.0. The van der Waals surface area contributed by atoms with Gasteiger partial charge in [-0.15, -0.1) is 0 Å². The molecule has 3 rings (SSSR count). The van der Waals surface area contributed by atoms with Crippen LogP contribution in [0.2, 0.25) is 5.02 Å². The van der Waals surface area contributed by atoms with Gasteiger partial charge in [0.05, 0.1) is 11.7 Å². The minimum absolute atomic E-state index is 0.206. The largest absolute Gasteiger partial charge is 0.283 e. The Balaban J connectivity index is 0.000000774. The van der Waals surface area contributed by atoms with Gasteiger partial charge in [0, 0.05) is 11.2 Å². The number of anilines is 1. The lowest BCUT2D eigenvalue weighted by atomic mass is 10.0. The monoisotopic (exact) mass is 300 g/mol. The maximum atomic E-state index is 5.93. The van der Waals surface area contributed by atoms with Crippen LogP contribution in [0.25, 0.3) is 0 Å². The summed E-state index contributed by atoms with van der Waals surface area (Å²) in [7, 11) is 0. The van der Waals surface area contributed by atoms with Gasteiger partial charge in [0.25, 0.3) is 0 Å². The fourth-order valence-electron chi connectivity index (χ4n) is 2.29. The molecule has 1 N–H and O–H groups in total. The molecule has 0 saturated carbocycles. The van der Waals surface area contributed by atoms with Gasteiger partial charge in [0.2, 0.25) is 0 Å². The lowest BCUT2D eigenvalue weighted by Crippen LogP contribution is -2.30. The second-order valence-corrected chi connectivity index (χ2v) is 5.13. The summed E-state index contributed by atoms with van der Waals surface area (Å²) in [6.45, 7) is 6.13. The average molecular weight is 301 g/mol. The van der Waals surface area contributed by atoms with Crippen molar-refractivity contribution in [2.45, 2.75) is 26.8 Å². The van der Waals surface area contributed by atoms with Crippen molar-refractivity contribution < 1.29 is 0 Å². The maximum absolute atomic E-state index is 5.93. The first-order valence-corrected chi connectivity index (χ1v) is 7.66. The van der Waals surface area contributed by atoms with Gasteiger partial charge in [-0.05, 0) is 42.3 Å². The van der Waals surface area contributed by atoms with Crippen molar-refractivity contribution in [3.05, 3.63) is 77.0 Å². The lowest BCUT2D eigenvalue weighted by Gasteiger charge is -2.20. The molecule has 0 radical (unpaired) electrons. The molecule has 1 aliphatic rings. The third-order valence-corrected chi connectivity index (χ3v) is 3.55. The first-order chi connectivity index (χ1) is 10.2. The van der Waals surface area contributed by atoms with Crippen LogP contribution in [0.5, 0.6) is 0 Å². The van der Waals surface area contributed by atoms with Gasteiger partial charge in [-0.1, -0.05) is 55.8 Å². The molecular formula is C18H21ClN2. The second kappa shape index (κ2) is 7.30. The number of para-hydroxylation sites is 1. The number of hydrogen-bond donors (Lipinski definition) is 1. The van der Waals surface area contributed by atoms with Gasteiger partial charge >= 0.3 is 0 Å². The summed E-state index contributed by atoms with van der Waals surface area (Å²) in [6, 6.07) is 18.4. The third-order valence-electron chi connectivity index (χ3n) is 3.29. The van der Waals surface area contributed by atoms with Gasteiger partial charge in [-0.3, -0.25) is 5.01 Å². The van der Waals surface area contributed by atoms with Crippen molar-refractivity contribution in [3.8, 4) is 0 Å². The van der Waals surface area contributed by atoms with Crippen molar-refractivity contribution in [1.29, 1.82) is 0 Å². The molecule has 0 saturated heterocycles. The molecule has 2 aromatic carbocycles. The van der Waals surface area contributed by atoms with E-state index in [1.165, 1.54) is 11.1 Å². The summed E-state index contributed by atoms with van der Waals surface area (Å²) in [5.41, 5.74) is 7.13. The summed E-state index contributed by atoms with van der Waals surface area (Å²) in [5.74, 6) is 0. The SMILES string of the molecule is CC.CC1=CN(c2ccccc2)NC1c1ccc(Cl)cc1. The Hall–Kier alpha value is -1.77. The summed E-state index contributed by atoms with van der Waals surface area (Å²) in [5, 5.41) is 2.83. The van der Waals surface area contributed by atoms with E-state index in [-0.39, 0.29) is 6.04 Å². The van der Waals surface area contributed by atoms with E-state index < -0.39 is 0 Å². The highest BCUT2D eigenvalue weighted by molar-refractivity contribution is 6.30. The van der Waals surface area contributed by atoms with Crippen LogP contribution in [0.15, 0.2) is 66.4 Å². The summed E-state index contributed by atoms with van der Waals surface area (Å²) in [4.78, 5) is 0. The number of halogens is 1. The molecule has 0 fully saturated rings. The zero-order valence-electron chi connectivity index (χ0n) is 12.7. The molecule has 0 spiro atoms. The molecular weight excluding hydrogens is 280 g/mol. The second-order valence-electron chi connectivity index (χ2n) is 4.69. The van der Waals surface area contributed by atoms with Crippen LogP contribution >= 0.6 is 11.6 Å². The van der Waals surface area contributed by atoms with Crippen molar-refractivity contribution in [3.63, 3.8) is 0 Å². The standard InChI is InChI=1S/C16H15ClN2.C2H6/c1-12-11-19(15-5-3-2-4-6-15)18-16(12)13-7-9-14(17)10-8-13;1-2/h2-11,16,18H,1H3;1-2H3. The van der Waals surface area contributed by atoms with Crippen LogP contribution in [-0.4, -0.2) is 0 Å². The fourth-order valence-corrected chi connectivity index (χ4v) is 2.41. The number of nitrogens with zero attached hydrogens (tertiary/aromatic N) is 1. The molecule has 2 nitrogen and oxygen atoms in total. The maximum Gasteiger partial charge on any atom is 0.0741 e. The molecule has 2 aromatic rings. The topological polar surface area (TPSA) is 15.3 Å². The van der Waals surface area contributed by atoms with E-state index in [1.54, 1.807) is 0 Å². The molecule has 0 aliphatic carbocycles. The van der Waals surface area contributed by atoms with Crippen LogP contribution < -0.4 is 10.4 Å². The Morgan fingerprint density at radius 1 is 0.952 bits per heavy atom. The highest BCUT2D eigenvalue weighted by atomic mass is 35.5. The van der Waals surface area contributed by atoms with Crippen LogP contribution in [0.3, 0.4) is 0 Å². The van der Waals surface area contributed by atoms with Crippen LogP contribution in [-0.2, 0) is 0 Å². The molecule has 1 heterocycles. The van der Waals surface area contributed by atoms with Crippen LogP contribution in [0.4, 0.5) is 5.69 Å². The lowest BCUT2D eigenvalue weighted by molar-refractivity contribution is 0.652. The van der Waals surface area contributed by atoms with Crippen molar-refractivity contribution in [2.75, 3.05) is 5.01 Å². The third kappa shape index (κ3) is 3.66. The molecule has 0 aromatic heterocycles. The summed E-state index contributed by atoms with van der Waals surface area (Å²) in [6.07, 6.45) is 2.13. The highest BCUT2D eigenvalue weighted by Crippen LogP contribution is 2.30. The number of nitrogens with one attached hydrogen (secondary N) is 1. The Kier molecular flexibility index (Phi) is 5.43. The first kappa shape index (κ1) is 15.6. The van der Waals surface area contributed by atoms with E-state index in [0.29, 0.717) is 0 Å². The molecule has 1 atom stereocenters. The number of hydrogen-bond acceptors (Lipinski definition) is 2. The van der Waals surface area contributed by atoms with E-state index in [9.17, 15) is 0 Å². The van der Waals surface area contributed by atoms with Gasteiger partial charge in [0.15, 0.2) is 0 Å². The van der Waals surface area contributed by atoms with Crippen molar-refractivity contribution >= 4 is 17.3 Å². The average Bonchev–Trinajstić information content (AvgIpc) is 2.93. The number of rotatable bonds is 2. The Morgan fingerprint density at radius 3 is 2.19 bits per heavy atom. The molecule has 110 valence electrons. The molecule has 0 bridgehead atoms. The van der Waals surface area contributed by atoms with E-state index in [0.717, 1.165) is 10.7 Å². The molecule has 3 heteroatoms. The predicted molar refractivity (Wildman–Crippen MR) is 91.4 cm³/mol. The zero-order chi connectivity index (χ0) is 15.2. The van der Waals surface area contributed by atoms with E-state index in [1.807, 2.05) is 44.2 Å². The van der Waals surface area contributed by atoms with Crippen molar-refractivity contribution in [2.24, 2.45) is 0 Å². The fraction of sp³-hybridized carbons (Fsp3) is 0.222. The Labute approximate surface area is 132 Å². The quantitative estimate of drug-likeness (QED) is 0.805. The molecule has 1 unspecified atom stereocenters. The van der Waals surface area contributed by atoms with Crippen LogP contribution in [0, 0.1) is 0 Å². The minimum Gasteiger partial charge on any atom is -0.283 e. The first-order valence-electron chi connectivity index (χ1n) is 7.28. The van der Waals surface area contributed by atoms with E-state index >= 15 is 0 Å². The van der Waals surface area contributed by atoms with Gasteiger partial charge in [-0.25, -0.2) is 5.43 Å². The van der Waals surface area contributed by atoms with Gasteiger partial charge < -0.3 is 0 Å². The van der Waals surface area contributed by atoms with Crippen molar-refractivity contribution in [1.82, 2.24) is 5.43 Å². The van der Waals surface area contributed by atoms with E-state index in [4.69, 9.17) is 11.6 Å². The minimum atomic E-state index is 0.206. The summed E-state index contributed by atoms with van der Waals surface area (Å²) >= 11 is 5.93. The molecule has 0 amide bonds. The number of hydrazine groups is 1. The predicted octanol–water partition coefficient (Wildman–Crippen LogP) is 5.34.